The Hall–Kier alpha value is -2.30. The molecule has 0 saturated carbocycles. The monoisotopic (exact) mass is 373 g/mol. The summed E-state index contributed by atoms with van der Waals surface area (Å²) in [7, 11) is 0. The van der Waals surface area contributed by atoms with E-state index in [2.05, 4.69) is 0 Å². The maximum atomic E-state index is 13.1. The lowest BCUT2D eigenvalue weighted by Crippen LogP contribution is -2.43. The van der Waals surface area contributed by atoms with E-state index in [0.717, 1.165) is 5.56 Å². The van der Waals surface area contributed by atoms with Crippen LogP contribution in [0, 0.1) is 0 Å². The molecule has 0 aromatic heterocycles. The Bertz CT molecular complexity index is 711. The van der Waals surface area contributed by atoms with Crippen molar-refractivity contribution in [2.45, 2.75) is 78.7 Å². The fourth-order valence-corrected chi connectivity index (χ4v) is 3.78. The van der Waals surface area contributed by atoms with E-state index in [9.17, 15) is 9.59 Å². The minimum atomic E-state index is -1.00. The van der Waals surface area contributed by atoms with Gasteiger partial charge in [0.15, 0.2) is 0 Å². The van der Waals surface area contributed by atoms with Crippen molar-refractivity contribution in [3.8, 4) is 0 Å². The highest BCUT2D eigenvalue weighted by atomic mass is 16.7. The van der Waals surface area contributed by atoms with Crippen LogP contribution in [0.25, 0.3) is 0 Å². The van der Waals surface area contributed by atoms with E-state index in [-0.39, 0.29) is 24.4 Å². The molecule has 1 aliphatic heterocycles. The largest absolute Gasteiger partial charge is 0.457 e. The van der Waals surface area contributed by atoms with Gasteiger partial charge in [-0.2, -0.15) is 0 Å². The second-order valence-electron chi connectivity index (χ2n) is 8.02. The van der Waals surface area contributed by atoms with Crippen molar-refractivity contribution in [2.75, 3.05) is 0 Å². The lowest BCUT2D eigenvalue weighted by Gasteiger charge is -2.36. The topological polar surface area (TPSA) is 55.8 Å². The van der Waals surface area contributed by atoms with Crippen LogP contribution in [-0.2, 0) is 19.1 Å². The Morgan fingerprint density at radius 2 is 1.59 bits per heavy atom. The first-order valence-corrected chi connectivity index (χ1v) is 9.52. The van der Waals surface area contributed by atoms with E-state index in [1.807, 2.05) is 62.9 Å². The summed E-state index contributed by atoms with van der Waals surface area (Å²) in [6.45, 7) is 13.2. The Labute approximate surface area is 162 Å². The summed E-state index contributed by atoms with van der Waals surface area (Å²) in [5.41, 5.74) is 1.31. The number of nitrogens with zero attached hydrogens (tertiary/aromatic N) is 1. The van der Waals surface area contributed by atoms with Gasteiger partial charge in [0.1, 0.15) is 5.76 Å². The molecule has 5 heteroatoms. The average molecular weight is 373 g/mol. The quantitative estimate of drug-likeness (QED) is 0.694. The SMILES string of the molecule is CC1=C(C(CC(=O)N(C(C)C)C(C)C)c2ccccc2)C(=O)OC(C)(C)O1. The molecule has 0 radical (unpaired) electrons. The van der Waals surface area contributed by atoms with Crippen molar-refractivity contribution >= 4 is 11.9 Å². The van der Waals surface area contributed by atoms with Crippen molar-refractivity contribution in [3.63, 3.8) is 0 Å². The fraction of sp³-hybridized carbons (Fsp3) is 0.545. The number of allylic oxidation sites excluding steroid dienone is 1. The van der Waals surface area contributed by atoms with Gasteiger partial charge in [0, 0.05) is 38.3 Å². The van der Waals surface area contributed by atoms with E-state index >= 15 is 0 Å². The highest BCUT2D eigenvalue weighted by molar-refractivity contribution is 5.93. The summed E-state index contributed by atoms with van der Waals surface area (Å²) in [5, 5.41) is 0. The van der Waals surface area contributed by atoms with Gasteiger partial charge in [-0.1, -0.05) is 30.3 Å². The third-order valence-corrected chi connectivity index (χ3v) is 4.67. The van der Waals surface area contributed by atoms with Gasteiger partial charge in [-0.15, -0.1) is 0 Å². The average Bonchev–Trinajstić information content (AvgIpc) is 2.52. The number of hydrogen-bond acceptors (Lipinski definition) is 4. The summed E-state index contributed by atoms with van der Waals surface area (Å²) >= 11 is 0. The number of esters is 1. The molecule has 0 spiro atoms. The first-order valence-electron chi connectivity index (χ1n) is 9.52. The van der Waals surface area contributed by atoms with Crippen molar-refractivity contribution < 1.29 is 19.1 Å². The number of carbonyl (C=O) groups is 2. The zero-order valence-electron chi connectivity index (χ0n) is 17.4. The molecule has 5 nitrogen and oxygen atoms in total. The van der Waals surface area contributed by atoms with Crippen molar-refractivity contribution in [2.24, 2.45) is 0 Å². The maximum absolute atomic E-state index is 13.1. The zero-order valence-corrected chi connectivity index (χ0v) is 17.4. The van der Waals surface area contributed by atoms with Gasteiger partial charge in [0.05, 0.1) is 5.57 Å². The molecule has 0 N–H and O–H groups in total. The molecule has 1 heterocycles. The molecule has 1 aromatic carbocycles. The van der Waals surface area contributed by atoms with Crippen LogP contribution >= 0.6 is 0 Å². The Morgan fingerprint density at radius 1 is 1.04 bits per heavy atom. The van der Waals surface area contributed by atoms with Crippen molar-refractivity contribution in [1.29, 1.82) is 0 Å². The number of amides is 1. The van der Waals surface area contributed by atoms with E-state index in [4.69, 9.17) is 9.47 Å². The zero-order chi connectivity index (χ0) is 20.4. The van der Waals surface area contributed by atoms with Crippen LogP contribution in [0.1, 0.15) is 66.4 Å². The smallest absolute Gasteiger partial charge is 0.341 e. The number of hydrogen-bond donors (Lipinski definition) is 0. The molecule has 1 aromatic rings. The summed E-state index contributed by atoms with van der Waals surface area (Å²) in [6.07, 6.45) is 0.186. The third kappa shape index (κ3) is 4.90. The molecular weight excluding hydrogens is 342 g/mol. The molecule has 1 aliphatic rings. The van der Waals surface area contributed by atoms with E-state index in [1.165, 1.54) is 0 Å². The van der Waals surface area contributed by atoms with Crippen LogP contribution in [0.4, 0.5) is 0 Å². The summed E-state index contributed by atoms with van der Waals surface area (Å²) in [4.78, 5) is 27.7. The fourth-order valence-electron chi connectivity index (χ4n) is 3.78. The number of carbonyl (C=O) groups excluding carboxylic acids is 2. The first kappa shape index (κ1) is 21.0. The van der Waals surface area contributed by atoms with E-state index < -0.39 is 17.7 Å². The van der Waals surface area contributed by atoms with Crippen LogP contribution in [0.2, 0.25) is 0 Å². The highest BCUT2D eigenvalue weighted by Gasteiger charge is 2.39. The molecule has 2 rings (SSSR count). The lowest BCUT2D eigenvalue weighted by atomic mass is 9.86. The van der Waals surface area contributed by atoms with Crippen LogP contribution in [0.5, 0.6) is 0 Å². The van der Waals surface area contributed by atoms with Crippen LogP contribution in [-0.4, -0.2) is 34.6 Å². The van der Waals surface area contributed by atoms with Gasteiger partial charge in [-0.25, -0.2) is 4.79 Å². The number of ether oxygens (including phenoxy) is 2. The third-order valence-electron chi connectivity index (χ3n) is 4.67. The predicted molar refractivity (Wildman–Crippen MR) is 105 cm³/mol. The molecule has 27 heavy (non-hydrogen) atoms. The van der Waals surface area contributed by atoms with Crippen LogP contribution in [0.15, 0.2) is 41.7 Å². The molecule has 0 aliphatic carbocycles. The second kappa shape index (κ2) is 8.15. The molecule has 1 atom stereocenters. The van der Waals surface area contributed by atoms with Crippen LogP contribution < -0.4 is 0 Å². The van der Waals surface area contributed by atoms with Crippen LogP contribution in [0.3, 0.4) is 0 Å². The molecular formula is C22H31NO4. The maximum Gasteiger partial charge on any atom is 0.341 e. The Balaban J connectivity index is 2.45. The highest BCUT2D eigenvalue weighted by Crippen LogP contribution is 2.37. The molecule has 1 amide bonds. The standard InChI is InChI=1S/C22H31NO4/c1-14(2)23(15(3)4)19(24)13-18(17-11-9-8-10-12-17)20-16(5)26-22(6,7)27-21(20)25/h8-12,14-15,18H,13H2,1-7H3. The normalized spacial score (nSPS) is 17.6. The van der Waals surface area contributed by atoms with Gasteiger partial charge in [0.2, 0.25) is 11.7 Å². The lowest BCUT2D eigenvalue weighted by molar-refractivity contribution is -0.207. The van der Waals surface area contributed by atoms with Gasteiger partial charge >= 0.3 is 5.97 Å². The van der Waals surface area contributed by atoms with Gasteiger partial charge in [0.25, 0.3) is 0 Å². The molecule has 0 bridgehead atoms. The molecule has 148 valence electrons. The molecule has 1 unspecified atom stereocenters. The second-order valence-corrected chi connectivity index (χ2v) is 8.02. The predicted octanol–water partition coefficient (Wildman–Crippen LogP) is 4.39. The molecule has 0 fully saturated rings. The minimum absolute atomic E-state index is 0.00628. The number of benzene rings is 1. The summed E-state index contributed by atoms with van der Waals surface area (Å²) < 4.78 is 11.3. The first-order chi connectivity index (χ1) is 12.5. The van der Waals surface area contributed by atoms with Gasteiger partial charge in [-0.3, -0.25) is 4.79 Å². The van der Waals surface area contributed by atoms with E-state index in [1.54, 1.807) is 20.8 Å². The van der Waals surface area contributed by atoms with Crippen molar-refractivity contribution in [1.82, 2.24) is 4.90 Å². The summed E-state index contributed by atoms with van der Waals surface area (Å²) in [6, 6.07) is 9.75. The number of cyclic esters (lactones) is 1. The Kier molecular flexibility index (Phi) is 6.34. The van der Waals surface area contributed by atoms with Crippen molar-refractivity contribution in [3.05, 3.63) is 47.2 Å². The Morgan fingerprint density at radius 3 is 2.07 bits per heavy atom. The van der Waals surface area contributed by atoms with Gasteiger partial charge in [-0.05, 0) is 40.2 Å². The summed E-state index contributed by atoms with van der Waals surface area (Å²) in [5.74, 6) is -1.32. The minimum Gasteiger partial charge on any atom is -0.457 e. The molecule has 0 saturated heterocycles. The van der Waals surface area contributed by atoms with E-state index in [0.29, 0.717) is 11.3 Å². The number of rotatable bonds is 6. The van der Waals surface area contributed by atoms with Gasteiger partial charge < -0.3 is 14.4 Å².